The van der Waals surface area contributed by atoms with Crippen molar-refractivity contribution < 1.29 is 8.42 Å². The van der Waals surface area contributed by atoms with Crippen LogP contribution in [0.4, 0.5) is 0 Å². The molecular weight excluding hydrogens is 326 g/mol. The van der Waals surface area contributed by atoms with E-state index in [1.807, 2.05) is 6.92 Å². The maximum atomic E-state index is 13.1. The number of sulfonamides is 1. The minimum Gasteiger partial charge on any atom is -0.263 e. The molecule has 1 aliphatic heterocycles. The number of rotatable bonds is 4. The normalized spacial score (nSPS) is 25.2. The van der Waals surface area contributed by atoms with Gasteiger partial charge in [-0.3, -0.25) is 10.1 Å². The summed E-state index contributed by atoms with van der Waals surface area (Å²) >= 11 is 0. The van der Waals surface area contributed by atoms with Crippen LogP contribution in [0.5, 0.6) is 0 Å². The van der Waals surface area contributed by atoms with Gasteiger partial charge in [0.2, 0.25) is 10.0 Å². The molecule has 0 amide bonds. The third-order valence-electron chi connectivity index (χ3n) is 5.11. The number of hydrogen-bond acceptors (Lipinski definition) is 5. The van der Waals surface area contributed by atoms with Crippen LogP contribution in [0.15, 0.2) is 23.4 Å². The van der Waals surface area contributed by atoms with Gasteiger partial charge >= 0.3 is 0 Å². The number of nitrogens with zero attached hydrogens (tertiary/aromatic N) is 4. The minimum absolute atomic E-state index is 0.0641. The molecule has 128 valence electrons. The van der Waals surface area contributed by atoms with Crippen molar-refractivity contribution in [3.05, 3.63) is 35.7 Å². The number of pyridine rings is 1. The van der Waals surface area contributed by atoms with Crippen LogP contribution in [-0.4, -0.2) is 46.0 Å². The molecule has 1 aliphatic carbocycles. The van der Waals surface area contributed by atoms with Gasteiger partial charge in [-0.15, -0.1) is 0 Å². The Morgan fingerprint density at radius 3 is 2.67 bits per heavy atom. The van der Waals surface area contributed by atoms with Gasteiger partial charge in [0.25, 0.3) is 0 Å². The van der Waals surface area contributed by atoms with Crippen molar-refractivity contribution in [2.24, 2.45) is 11.8 Å². The van der Waals surface area contributed by atoms with Crippen LogP contribution in [0.25, 0.3) is 0 Å². The van der Waals surface area contributed by atoms with Gasteiger partial charge in [-0.05, 0) is 50.2 Å². The van der Waals surface area contributed by atoms with Crippen molar-refractivity contribution in [3.8, 4) is 0 Å². The maximum Gasteiger partial charge on any atom is 0.244 e. The Labute approximate surface area is 141 Å². The SMILES string of the molecule is Cc1nc([C@@H]2CN(S(=O)(=O)c3cnccc3C)C[C@H]2C2CC2)n[nH]1. The Hall–Kier alpha value is -1.80. The summed E-state index contributed by atoms with van der Waals surface area (Å²) in [7, 11) is -3.54. The first kappa shape index (κ1) is 15.7. The zero-order valence-electron chi connectivity index (χ0n) is 13.8. The molecule has 0 unspecified atom stereocenters. The Morgan fingerprint density at radius 2 is 2.04 bits per heavy atom. The highest BCUT2D eigenvalue weighted by Crippen LogP contribution is 2.48. The van der Waals surface area contributed by atoms with Crippen LogP contribution in [0.1, 0.15) is 36.0 Å². The Bertz CT molecular complexity index is 859. The lowest BCUT2D eigenvalue weighted by Gasteiger charge is -2.17. The van der Waals surface area contributed by atoms with Crippen LogP contribution >= 0.6 is 0 Å². The molecule has 0 bridgehead atoms. The highest BCUT2D eigenvalue weighted by molar-refractivity contribution is 7.89. The van der Waals surface area contributed by atoms with Crippen molar-refractivity contribution >= 4 is 10.0 Å². The van der Waals surface area contributed by atoms with Crippen LogP contribution in [0, 0.1) is 25.7 Å². The third-order valence-corrected chi connectivity index (χ3v) is 7.08. The first-order valence-corrected chi connectivity index (χ1v) is 9.70. The highest BCUT2D eigenvalue weighted by Gasteiger charge is 2.48. The predicted octanol–water partition coefficient (Wildman–Crippen LogP) is 1.63. The molecule has 1 saturated carbocycles. The van der Waals surface area contributed by atoms with Crippen molar-refractivity contribution in [3.63, 3.8) is 0 Å². The average molecular weight is 347 g/mol. The summed E-state index contributed by atoms with van der Waals surface area (Å²) < 4.78 is 27.7. The molecule has 2 aliphatic rings. The molecule has 2 aromatic heterocycles. The van der Waals surface area contributed by atoms with E-state index in [2.05, 4.69) is 20.2 Å². The molecule has 4 rings (SSSR count). The molecule has 3 heterocycles. The fraction of sp³-hybridized carbons (Fsp3) is 0.562. The zero-order valence-corrected chi connectivity index (χ0v) is 14.6. The van der Waals surface area contributed by atoms with Gasteiger partial charge in [0, 0.05) is 31.4 Å². The van der Waals surface area contributed by atoms with Crippen molar-refractivity contribution in [1.82, 2.24) is 24.5 Å². The number of hydrogen-bond donors (Lipinski definition) is 1. The Morgan fingerprint density at radius 1 is 1.25 bits per heavy atom. The largest absolute Gasteiger partial charge is 0.263 e. The van der Waals surface area contributed by atoms with E-state index in [-0.39, 0.29) is 5.92 Å². The Kier molecular flexibility index (Phi) is 3.69. The van der Waals surface area contributed by atoms with Crippen LogP contribution in [0.3, 0.4) is 0 Å². The van der Waals surface area contributed by atoms with Gasteiger partial charge in [0.15, 0.2) is 5.82 Å². The molecule has 8 heteroatoms. The van der Waals surface area contributed by atoms with Crippen LogP contribution < -0.4 is 0 Å². The molecule has 7 nitrogen and oxygen atoms in total. The molecule has 2 atom stereocenters. The quantitative estimate of drug-likeness (QED) is 0.907. The van der Waals surface area contributed by atoms with E-state index in [1.54, 1.807) is 23.5 Å². The van der Waals surface area contributed by atoms with Crippen molar-refractivity contribution in [2.45, 2.75) is 37.5 Å². The first-order valence-electron chi connectivity index (χ1n) is 8.26. The second-order valence-corrected chi connectivity index (χ2v) is 8.76. The molecule has 0 spiro atoms. The summed E-state index contributed by atoms with van der Waals surface area (Å²) in [5, 5.41) is 7.18. The molecule has 24 heavy (non-hydrogen) atoms. The number of H-pyrrole nitrogens is 1. The summed E-state index contributed by atoms with van der Waals surface area (Å²) in [6.45, 7) is 4.65. The summed E-state index contributed by atoms with van der Waals surface area (Å²) in [6.07, 6.45) is 5.40. The number of nitrogens with one attached hydrogen (secondary N) is 1. The average Bonchev–Trinajstić information content (AvgIpc) is 3.14. The fourth-order valence-electron chi connectivity index (χ4n) is 3.65. The van der Waals surface area contributed by atoms with E-state index >= 15 is 0 Å². The number of aromatic amines is 1. The standard InChI is InChI=1S/C16H21N5O2S/c1-10-5-6-17-7-15(10)24(22,23)21-8-13(12-3-4-12)14(9-21)16-18-11(2)19-20-16/h5-7,12-14H,3-4,8-9H2,1-2H3,(H,18,19,20)/t13-,14+/m0/s1. The van der Waals surface area contributed by atoms with Gasteiger partial charge in [-0.1, -0.05) is 0 Å². The summed E-state index contributed by atoms with van der Waals surface area (Å²) in [6, 6.07) is 1.73. The van der Waals surface area contributed by atoms with E-state index in [0.29, 0.717) is 29.8 Å². The van der Waals surface area contributed by atoms with E-state index in [0.717, 1.165) is 17.2 Å². The van der Waals surface area contributed by atoms with Crippen LogP contribution in [-0.2, 0) is 10.0 Å². The number of aryl methyl sites for hydroxylation is 2. The summed E-state index contributed by atoms with van der Waals surface area (Å²) in [4.78, 5) is 8.75. The maximum absolute atomic E-state index is 13.1. The first-order chi connectivity index (χ1) is 11.5. The second-order valence-electron chi connectivity index (χ2n) is 6.85. The van der Waals surface area contributed by atoms with Crippen molar-refractivity contribution in [1.29, 1.82) is 0 Å². The molecule has 2 aromatic rings. The van der Waals surface area contributed by atoms with E-state index in [4.69, 9.17) is 0 Å². The topological polar surface area (TPSA) is 91.8 Å². The monoisotopic (exact) mass is 347 g/mol. The molecule has 1 saturated heterocycles. The summed E-state index contributed by atoms with van der Waals surface area (Å²) in [5.74, 6) is 2.46. The fourth-order valence-corrected chi connectivity index (χ4v) is 5.32. The number of aromatic nitrogens is 4. The smallest absolute Gasteiger partial charge is 0.244 e. The van der Waals surface area contributed by atoms with E-state index < -0.39 is 10.0 Å². The van der Waals surface area contributed by atoms with Gasteiger partial charge in [-0.2, -0.15) is 9.40 Å². The van der Waals surface area contributed by atoms with Gasteiger partial charge in [0.05, 0.1) is 0 Å². The van der Waals surface area contributed by atoms with E-state index in [1.165, 1.54) is 19.0 Å². The molecular formula is C16H21N5O2S. The predicted molar refractivity (Wildman–Crippen MR) is 87.8 cm³/mol. The van der Waals surface area contributed by atoms with Gasteiger partial charge in [-0.25, -0.2) is 13.4 Å². The highest BCUT2D eigenvalue weighted by atomic mass is 32.2. The molecule has 0 aromatic carbocycles. The lowest BCUT2D eigenvalue weighted by atomic mass is 9.91. The van der Waals surface area contributed by atoms with Crippen LogP contribution in [0.2, 0.25) is 0 Å². The zero-order chi connectivity index (χ0) is 16.9. The second kappa shape index (κ2) is 5.63. The van der Waals surface area contributed by atoms with Gasteiger partial charge < -0.3 is 0 Å². The van der Waals surface area contributed by atoms with Crippen molar-refractivity contribution in [2.75, 3.05) is 13.1 Å². The third kappa shape index (κ3) is 2.63. The lowest BCUT2D eigenvalue weighted by molar-refractivity contribution is 0.423. The molecule has 1 N–H and O–H groups in total. The van der Waals surface area contributed by atoms with E-state index in [9.17, 15) is 8.42 Å². The van der Waals surface area contributed by atoms with Gasteiger partial charge in [0.1, 0.15) is 10.7 Å². The Balaban J connectivity index is 1.66. The summed E-state index contributed by atoms with van der Waals surface area (Å²) in [5.41, 5.74) is 0.727. The minimum atomic E-state index is -3.54. The molecule has 2 fully saturated rings. The lowest BCUT2D eigenvalue weighted by Crippen LogP contribution is -2.30. The molecule has 0 radical (unpaired) electrons.